The van der Waals surface area contributed by atoms with Crippen LogP contribution in [-0.2, 0) is 19.1 Å². The molecule has 0 spiro atoms. The van der Waals surface area contributed by atoms with E-state index >= 15 is 0 Å². The van der Waals surface area contributed by atoms with Gasteiger partial charge in [0.2, 0.25) is 0 Å². The molecule has 1 atom stereocenters. The smallest absolute Gasteiger partial charge is 0.550 e. The normalized spacial score (nSPS) is 11.5. The second-order valence-corrected chi connectivity index (χ2v) is 6.97. The maximum Gasteiger partial charge on any atom is 1.00 e. The van der Waals surface area contributed by atoms with Gasteiger partial charge in [-0.1, -0.05) is 84.0 Å². The minimum absolute atomic E-state index is 0. The third kappa shape index (κ3) is 20.7. The number of nitrogens with two attached hydrogens (primary N) is 1. The summed E-state index contributed by atoms with van der Waals surface area (Å²) in [5, 5.41) is 10.3. The Balaban J connectivity index is 0. The van der Waals surface area contributed by atoms with Crippen LogP contribution in [0, 0.1) is 0 Å². The molecule has 6 nitrogen and oxygen atoms in total. The van der Waals surface area contributed by atoms with Crippen molar-refractivity contribution in [1.29, 1.82) is 0 Å². The molecule has 0 saturated heterocycles. The van der Waals surface area contributed by atoms with Gasteiger partial charge in [-0.25, -0.2) is 4.79 Å². The van der Waals surface area contributed by atoms with Crippen molar-refractivity contribution in [1.82, 2.24) is 0 Å². The molecular formula is C20H36KNO5. The minimum Gasteiger partial charge on any atom is -0.550 e. The molecule has 0 radical (unpaired) electrons. The predicted octanol–water partition coefficient (Wildman–Crippen LogP) is 0.00880. The van der Waals surface area contributed by atoms with Crippen molar-refractivity contribution in [2.75, 3.05) is 0 Å². The third-order valence-corrected chi connectivity index (χ3v) is 4.39. The Bertz CT molecular complexity index is 404. The van der Waals surface area contributed by atoms with Gasteiger partial charge in [0.1, 0.15) is 6.04 Å². The second kappa shape index (κ2) is 20.9. The average Bonchev–Trinajstić information content (AvgIpc) is 2.58. The summed E-state index contributed by atoms with van der Waals surface area (Å²) in [6.07, 6.45) is 15.2. The van der Waals surface area contributed by atoms with Crippen LogP contribution < -0.4 is 62.2 Å². The van der Waals surface area contributed by atoms with Crippen LogP contribution in [0.4, 0.5) is 0 Å². The van der Waals surface area contributed by atoms with E-state index < -0.39 is 30.4 Å². The van der Waals surface area contributed by atoms with E-state index in [0.717, 1.165) is 12.8 Å². The van der Waals surface area contributed by atoms with Gasteiger partial charge in [-0.2, -0.15) is 0 Å². The molecule has 0 unspecified atom stereocenters. The number of hydrogen-bond donors (Lipinski definition) is 1. The summed E-state index contributed by atoms with van der Waals surface area (Å²) < 4.78 is 4.53. The van der Waals surface area contributed by atoms with Crippen LogP contribution in [0.1, 0.15) is 103 Å². The largest absolute Gasteiger partial charge is 1.00 e. The fourth-order valence-electron chi connectivity index (χ4n) is 2.79. The van der Waals surface area contributed by atoms with E-state index in [1.165, 1.54) is 64.2 Å². The molecule has 0 amide bonds. The Kier molecular flexibility index (Phi) is 22.8. The fourth-order valence-corrected chi connectivity index (χ4v) is 2.79. The number of ether oxygens (including phenoxy) is 1. The molecular weight excluding hydrogens is 373 g/mol. The number of carbonyl (C=O) groups excluding carboxylic acids is 3. The van der Waals surface area contributed by atoms with Crippen molar-refractivity contribution in [2.24, 2.45) is 5.73 Å². The summed E-state index contributed by atoms with van der Waals surface area (Å²) in [7, 11) is 0. The number of carboxylic acids is 1. The van der Waals surface area contributed by atoms with Crippen LogP contribution in [0.5, 0.6) is 0 Å². The fraction of sp³-hybridized carbons (Fsp3) is 0.850. The number of unbranched alkanes of at least 4 members (excludes halogenated alkanes) is 12. The molecule has 0 rings (SSSR count). The summed E-state index contributed by atoms with van der Waals surface area (Å²) in [5.41, 5.74) is 5.29. The van der Waals surface area contributed by atoms with E-state index in [1.807, 2.05) is 0 Å². The van der Waals surface area contributed by atoms with Gasteiger partial charge in [0, 0.05) is 18.8 Å². The van der Waals surface area contributed by atoms with Crippen LogP contribution in [0.3, 0.4) is 0 Å². The van der Waals surface area contributed by atoms with Crippen molar-refractivity contribution in [2.45, 2.75) is 109 Å². The Morgan fingerprint density at radius 3 is 1.63 bits per heavy atom. The Morgan fingerprint density at radius 1 is 0.815 bits per heavy atom. The van der Waals surface area contributed by atoms with E-state index in [4.69, 9.17) is 5.73 Å². The first-order valence-corrected chi connectivity index (χ1v) is 10.2. The zero-order valence-corrected chi connectivity index (χ0v) is 20.4. The molecule has 0 aliphatic carbocycles. The van der Waals surface area contributed by atoms with Crippen LogP contribution in [0.25, 0.3) is 0 Å². The Labute approximate surface area is 206 Å². The minimum atomic E-state index is -1.45. The Hall–Kier alpha value is 0.206. The standard InChI is InChI=1S/C20H37NO5.K/c1-2-3-4-5-6-7-8-9-10-11-12-13-14-15-19(24)26-20(25)17(21)16-18(22)23;/h17H,2-16,21H2,1H3,(H,22,23);/q;+1/p-1/t17-;/m1./s1. The summed E-state index contributed by atoms with van der Waals surface area (Å²) in [6, 6.07) is -1.35. The van der Waals surface area contributed by atoms with E-state index in [2.05, 4.69) is 11.7 Å². The molecule has 2 N–H and O–H groups in total. The molecule has 7 heteroatoms. The zero-order chi connectivity index (χ0) is 19.6. The van der Waals surface area contributed by atoms with Gasteiger partial charge < -0.3 is 20.4 Å². The number of aliphatic carboxylic acids is 1. The zero-order valence-electron chi connectivity index (χ0n) is 17.3. The molecule has 0 heterocycles. The van der Waals surface area contributed by atoms with Crippen LogP contribution in [0.15, 0.2) is 0 Å². The molecule has 0 aromatic carbocycles. The van der Waals surface area contributed by atoms with Gasteiger partial charge in [-0.05, 0) is 6.42 Å². The van der Waals surface area contributed by atoms with Crippen LogP contribution in [0.2, 0.25) is 0 Å². The first-order chi connectivity index (χ1) is 12.5. The first-order valence-electron chi connectivity index (χ1n) is 10.2. The van der Waals surface area contributed by atoms with Crippen molar-refractivity contribution >= 4 is 17.9 Å². The average molecular weight is 410 g/mol. The molecule has 0 saturated carbocycles. The molecule has 0 aromatic rings. The Morgan fingerprint density at radius 2 is 1.22 bits per heavy atom. The van der Waals surface area contributed by atoms with Crippen LogP contribution in [-0.4, -0.2) is 23.9 Å². The van der Waals surface area contributed by atoms with E-state index in [1.54, 1.807) is 0 Å². The summed E-state index contributed by atoms with van der Waals surface area (Å²) in [4.78, 5) is 33.2. The predicted molar refractivity (Wildman–Crippen MR) is 99.0 cm³/mol. The van der Waals surface area contributed by atoms with Gasteiger partial charge in [-0.3, -0.25) is 4.79 Å². The van der Waals surface area contributed by atoms with Gasteiger partial charge in [0.05, 0.1) is 0 Å². The van der Waals surface area contributed by atoms with E-state index in [-0.39, 0.29) is 57.8 Å². The molecule has 27 heavy (non-hydrogen) atoms. The summed E-state index contributed by atoms with van der Waals surface area (Å²) in [6.45, 7) is 2.23. The quantitative estimate of drug-likeness (QED) is 0.157. The van der Waals surface area contributed by atoms with E-state index in [0.29, 0.717) is 6.42 Å². The molecule has 0 aliphatic rings. The molecule has 0 bridgehead atoms. The van der Waals surface area contributed by atoms with Gasteiger partial charge >= 0.3 is 63.3 Å². The van der Waals surface area contributed by atoms with E-state index in [9.17, 15) is 19.5 Å². The van der Waals surface area contributed by atoms with Crippen molar-refractivity contribution in [3.05, 3.63) is 0 Å². The van der Waals surface area contributed by atoms with Crippen molar-refractivity contribution < 1.29 is 75.6 Å². The number of carboxylic acid groups (broad SMARTS) is 1. The third-order valence-electron chi connectivity index (χ3n) is 4.39. The topological polar surface area (TPSA) is 110 Å². The van der Waals surface area contributed by atoms with Gasteiger partial charge in [0.25, 0.3) is 0 Å². The van der Waals surface area contributed by atoms with Gasteiger partial charge in [-0.15, -0.1) is 0 Å². The van der Waals surface area contributed by atoms with Gasteiger partial charge in [0.15, 0.2) is 0 Å². The monoisotopic (exact) mass is 409 g/mol. The summed E-state index contributed by atoms with van der Waals surface area (Å²) in [5.74, 6) is -3.10. The second-order valence-electron chi connectivity index (χ2n) is 6.97. The van der Waals surface area contributed by atoms with Crippen molar-refractivity contribution in [3.8, 4) is 0 Å². The summed E-state index contributed by atoms with van der Waals surface area (Å²) >= 11 is 0. The molecule has 0 aromatic heterocycles. The number of rotatable bonds is 17. The maximum absolute atomic E-state index is 11.5. The molecule has 152 valence electrons. The number of esters is 2. The maximum atomic E-state index is 11.5. The number of carbonyl (C=O) groups is 3. The number of hydrogen-bond acceptors (Lipinski definition) is 6. The molecule has 0 aliphatic heterocycles. The molecule has 0 fully saturated rings. The van der Waals surface area contributed by atoms with Crippen molar-refractivity contribution in [3.63, 3.8) is 0 Å². The first kappa shape index (κ1) is 29.4. The van der Waals surface area contributed by atoms with Crippen LogP contribution >= 0.6 is 0 Å². The SMILES string of the molecule is CCCCCCCCCCCCCCCC(=O)OC(=O)[C@H](N)CC(=O)[O-].[K+].